The minimum Gasteiger partial charge on any atom is -0.0619 e. The lowest BCUT2D eigenvalue weighted by molar-refractivity contribution is -0.151. The summed E-state index contributed by atoms with van der Waals surface area (Å²) in [4.78, 5) is 0. The zero-order chi connectivity index (χ0) is 6.93. The van der Waals surface area contributed by atoms with E-state index in [0.717, 1.165) is 23.2 Å². The van der Waals surface area contributed by atoms with Crippen molar-refractivity contribution in [2.45, 2.75) is 33.1 Å². The molecule has 0 aliphatic heterocycles. The van der Waals surface area contributed by atoms with Crippen molar-refractivity contribution in [1.82, 2.24) is 0 Å². The molecule has 0 nitrogen and oxygen atoms in total. The summed E-state index contributed by atoms with van der Waals surface area (Å²) in [6, 6.07) is 0. The molecular formula is C10H16. The first-order valence-corrected chi connectivity index (χ1v) is 4.77. The Morgan fingerprint density at radius 1 is 1.30 bits per heavy atom. The first-order chi connectivity index (χ1) is 4.77. The van der Waals surface area contributed by atoms with Crippen LogP contribution in [-0.2, 0) is 0 Å². The Morgan fingerprint density at radius 3 is 2.30 bits per heavy atom. The van der Waals surface area contributed by atoms with Gasteiger partial charge in [0.15, 0.2) is 0 Å². The van der Waals surface area contributed by atoms with Gasteiger partial charge in [0, 0.05) is 0 Å². The molecule has 0 radical (unpaired) electrons. The molecule has 5 atom stereocenters. The fourth-order valence-electron chi connectivity index (χ4n) is 4.51. The van der Waals surface area contributed by atoms with Crippen LogP contribution in [0.25, 0.3) is 0 Å². The van der Waals surface area contributed by atoms with Gasteiger partial charge in [0.05, 0.1) is 0 Å². The van der Waals surface area contributed by atoms with Gasteiger partial charge in [-0.3, -0.25) is 0 Å². The predicted molar refractivity (Wildman–Crippen MR) is 41.6 cm³/mol. The quantitative estimate of drug-likeness (QED) is 0.480. The van der Waals surface area contributed by atoms with Crippen molar-refractivity contribution in [3.63, 3.8) is 0 Å². The molecule has 0 saturated heterocycles. The second-order valence-corrected chi connectivity index (χ2v) is 4.85. The minimum atomic E-state index is 0.894. The van der Waals surface area contributed by atoms with Crippen LogP contribution >= 0.6 is 0 Å². The highest BCUT2D eigenvalue weighted by molar-refractivity contribution is 5.20. The van der Waals surface area contributed by atoms with E-state index in [2.05, 4.69) is 13.8 Å². The SMILES string of the molecule is CC1CC2C(C)C13CCC23. The van der Waals surface area contributed by atoms with E-state index < -0.39 is 0 Å². The van der Waals surface area contributed by atoms with Crippen molar-refractivity contribution in [3.8, 4) is 0 Å². The monoisotopic (exact) mass is 136 g/mol. The highest BCUT2D eigenvalue weighted by atomic mass is 14.8. The number of hydrogen-bond acceptors (Lipinski definition) is 0. The molecule has 0 heteroatoms. The minimum absolute atomic E-state index is 0.894. The zero-order valence-corrected chi connectivity index (χ0v) is 6.93. The van der Waals surface area contributed by atoms with Gasteiger partial charge in [-0.05, 0) is 48.3 Å². The van der Waals surface area contributed by atoms with Crippen LogP contribution in [0.5, 0.6) is 0 Å². The Hall–Kier alpha value is 0. The van der Waals surface area contributed by atoms with Gasteiger partial charge in [-0.25, -0.2) is 0 Å². The van der Waals surface area contributed by atoms with E-state index in [1.807, 2.05) is 0 Å². The average molecular weight is 136 g/mol. The van der Waals surface area contributed by atoms with E-state index >= 15 is 0 Å². The highest BCUT2D eigenvalue weighted by Gasteiger charge is 2.71. The van der Waals surface area contributed by atoms with Gasteiger partial charge in [0.2, 0.25) is 0 Å². The summed E-state index contributed by atoms with van der Waals surface area (Å²) in [5.74, 6) is 4.52. The van der Waals surface area contributed by atoms with Crippen molar-refractivity contribution in [2.24, 2.45) is 29.1 Å². The number of hydrogen-bond donors (Lipinski definition) is 0. The third kappa shape index (κ3) is 0.302. The summed E-state index contributed by atoms with van der Waals surface area (Å²) in [7, 11) is 0. The molecule has 4 saturated carbocycles. The molecule has 1 spiro atoms. The Morgan fingerprint density at radius 2 is 2.10 bits per heavy atom. The van der Waals surface area contributed by atoms with Crippen molar-refractivity contribution in [3.05, 3.63) is 0 Å². The van der Waals surface area contributed by atoms with Gasteiger partial charge < -0.3 is 0 Å². The van der Waals surface area contributed by atoms with Crippen LogP contribution in [0.15, 0.2) is 0 Å². The van der Waals surface area contributed by atoms with Crippen LogP contribution < -0.4 is 0 Å². The summed E-state index contributed by atoms with van der Waals surface area (Å²) in [6.45, 7) is 4.97. The van der Waals surface area contributed by atoms with Gasteiger partial charge >= 0.3 is 0 Å². The molecule has 10 heavy (non-hydrogen) atoms. The fourth-order valence-corrected chi connectivity index (χ4v) is 4.51. The molecule has 0 heterocycles. The summed E-state index contributed by atoms with van der Waals surface area (Å²) in [5, 5.41) is 0. The lowest BCUT2D eigenvalue weighted by atomic mass is 9.41. The maximum atomic E-state index is 2.49. The van der Waals surface area contributed by atoms with E-state index in [9.17, 15) is 0 Å². The Bertz CT molecular complexity index is 169. The van der Waals surface area contributed by atoms with E-state index in [4.69, 9.17) is 0 Å². The molecule has 4 aliphatic rings. The zero-order valence-electron chi connectivity index (χ0n) is 6.93. The van der Waals surface area contributed by atoms with Crippen LogP contribution in [-0.4, -0.2) is 0 Å². The molecule has 0 N–H and O–H groups in total. The molecular weight excluding hydrogens is 120 g/mol. The fraction of sp³-hybridized carbons (Fsp3) is 1.00. The van der Waals surface area contributed by atoms with Gasteiger partial charge in [-0.1, -0.05) is 13.8 Å². The summed E-state index contributed by atoms with van der Waals surface area (Å²) in [6.07, 6.45) is 4.70. The van der Waals surface area contributed by atoms with E-state index in [0.29, 0.717) is 0 Å². The lowest BCUT2D eigenvalue weighted by Gasteiger charge is -2.63. The van der Waals surface area contributed by atoms with Crippen LogP contribution in [0, 0.1) is 29.1 Å². The number of fused-ring (bicyclic) bond motifs is 1. The first kappa shape index (κ1) is 5.62. The van der Waals surface area contributed by atoms with Gasteiger partial charge in [0.1, 0.15) is 0 Å². The molecule has 0 aromatic heterocycles. The van der Waals surface area contributed by atoms with Crippen molar-refractivity contribution < 1.29 is 0 Å². The molecule has 4 rings (SSSR count). The Labute approximate surface area is 63.0 Å². The van der Waals surface area contributed by atoms with Crippen LogP contribution in [0.4, 0.5) is 0 Å². The standard InChI is InChI=1S/C10H16/c1-6-5-8-7(2)10(6)4-3-9(8)10/h6-9H,3-5H2,1-2H3. The first-order valence-electron chi connectivity index (χ1n) is 4.77. The third-order valence-corrected chi connectivity index (χ3v) is 5.13. The van der Waals surface area contributed by atoms with E-state index in [1.54, 1.807) is 19.3 Å². The maximum absolute atomic E-state index is 2.49. The molecule has 4 fully saturated rings. The molecule has 0 amide bonds. The highest BCUT2D eigenvalue weighted by Crippen LogP contribution is 2.78. The van der Waals surface area contributed by atoms with E-state index in [1.165, 1.54) is 5.92 Å². The van der Waals surface area contributed by atoms with Crippen molar-refractivity contribution >= 4 is 0 Å². The maximum Gasteiger partial charge on any atom is -0.0212 e. The van der Waals surface area contributed by atoms with Crippen molar-refractivity contribution in [2.75, 3.05) is 0 Å². The Balaban J connectivity index is 2.03. The van der Waals surface area contributed by atoms with Crippen molar-refractivity contribution in [1.29, 1.82) is 0 Å². The van der Waals surface area contributed by atoms with Crippen LogP contribution in [0.2, 0.25) is 0 Å². The molecule has 2 bridgehead atoms. The van der Waals surface area contributed by atoms with Gasteiger partial charge in [0.25, 0.3) is 0 Å². The topological polar surface area (TPSA) is 0 Å². The lowest BCUT2D eigenvalue weighted by Crippen LogP contribution is -2.57. The summed E-state index contributed by atoms with van der Waals surface area (Å²) < 4.78 is 0. The molecule has 0 aromatic carbocycles. The average Bonchev–Trinajstić information content (AvgIpc) is 2.16. The summed E-state index contributed by atoms with van der Waals surface area (Å²) >= 11 is 0. The third-order valence-electron chi connectivity index (χ3n) is 5.13. The second-order valence-electron chi connectivity index (χ2n) is 4.85. The van der Waals surface area contributed by atoms with E-state index in [-0.39, 0.29) is 0 Å². The van der Waals surface area contributed by atoms with Gasteiger partial charge in [-0.2, -0.15) is 0 Å². The molecule has 4 aliphatic carbocycles. The second kappa shape index (κ2) is 1.31. The molecule has 5 unspecified atom stereocenters. The number of rotatable bonds is 0. The largest absolute Gasteiger partial charge is 0.0619 e. The summed E-state index contributed by atoms with van der Waals surface area (Å²) in [5.41, 5.74) is 0.894. The van der Waals surface area contributed by atoms with Gasteiger partial charge in [-0.15, -0.1) is 0 Å². The smallest absolute Gasteiger partial charge is 0.0212 e. The van der Waals surface area contributed by atoms with Crippen LogP contribution in [0.1, 0.15) is 33.1 Å². The predicted octanol–water partition coefficient (Wildman–Crippen LogP) is 2.69. The Kier molecular flexibility index (Phi) is 0.735. The molecule has 56 valence electrons. The molecule has 0 aromatic rings. The normalized spacial score (nSPS) is 70.2. The van der Waals surface area contributed by atoms with Crippen LogP contribution in [0.3, 0.4) is 0 Å².